The molecule has 0 bridgehead atoms. The van der Waals surface area contributed by atoms with Gasteiger partial charge in [-0.1, -0.05) is 12.5 Å². The van der Waals surface area contributed by atoms with Crippen molar-refractivity contribution in [3.63, 3.8) is 0 Å². The maximum Gasteiger partial charge on any atom is 0.164 e. The summed E-state index contributed by atoms with van der Waals surface area (Å²) in [5, 5.41) is 0. The molecule has 0 atom stereocenters. The van der Waals surface area contributed by atoms with E-state index in [0.717, 1.165) is 31.9 Å². The first-order valence-corrected chi connectivity index (χ1v) is 5.48. The maximum absolute atomic E-state index is 12.8. The first kappa shape index (κ1) is 12.6. The Morgan fingerprint density at radius 2 is 2.19 bits per heavy atom. The van der Waals surface area contributed by atoms with Gasteiger partial charge in [0.25, 0.3) is 0 Å². The first-order valence-electron chi connectivity index (χ1n) is 5.48. The Labute approximate surface area is 95.2 Å². The Balaban J connectivity index is 2.32. The normalized spacial score (nSPS) is 10.1. The summed E-state index contributed by atoms with van der Waals surface area (Å²) in [5.74, 6) is -0.497. The predicted octanol–water partition coefficient (Wildman–Crippen LogP) is 3.54. The van der Waals surface area contributed by atoms with E-state index in [-0.39, 0.29) is 5.78 Å². The zero-order valence-corrected chi connectivity index (χ0v) is 9.29. The number of Topliss-reactive ketones (excluding diaryl/α,β-unsaturated/α-hetero) is 1. The number of nitrogens with zero attached hydrogens (tertiary/aromatic N) is 1. The molecule has 1 aromatic heterocycles. The van der Waals surface area contributed by atoms with Gasteiger partial charge in [0.15, 0.2) is 5.78 Å². The second-order valence-corrected chi connectivity index (χ2v) is 3.70. The highest BCUT2D eigenvalue weighted by atomic mass is 19.1. The molecule has 0 saturated heterocycles. The monoisotopic (exact) mass is 221 g/mol. The summed E-state index contributed by atoms with van der Waals surface area (Å²) in [6.07, 6.45) is 8.72. The molecule has 0 radical (unpaired) electrons. The van der Waals surface area contributed by atoms with Crippen LogP contribution in [0.15, 0.2) is 31.1 Å². The topological polar surface area (TPSA) is 30.0 Å². The third kappa shape index (κ3) is 4.34. The molecule has 16 heavy (non-hydrogen) atoms. The number of hydrogen-bond acceptors (Lipinski definition) is 2. The summed E-state index contributed by atoms with van der Waals surface area (Å²) in [5.41, 5.74) is 0.365. The van der Waals surface area contributed by atoms with Crippen LogP contribution in [0.3, 0.4) is 0 Å². The fourth-order valence-electron chi connectivity index (χ4n) is 1.46. The highest BCUT2D eigenvalue weighted by Gasteiger charge is 2.06. The molecule has 86 valence electrons. The molecule has 2 nitrogen and oxygen atoms in total. The van der Waals surface area contributed by atoms with Crippen LogP contribution >= 0.6 is 0 Å². The van der Waals surface area contributed by atoms with E-state index in [9.17, 15) is 9.18 Å². The largest absolute Gasteiger partial charge is 0.294 e. The van der Waals surface area contributed by atoms with Gasteiger partial charge in [-0.15, -0.1) is 6.58 Å². The van der Waals surface area contributed by atoms with Crippen LogP contribution in [0.4, 0.5) is 4.39 Å². The Morgan fingerprint density at radius 1 is 1.38 bits per heavy atom. The Kier molecular flexibility index (Phi) is 5.40. The quantitative estimate of drug-likeness (QED) is 0.400. The van der Waals surface area contributed by atoms with Gasteiger partial charge in [-0.3, -0.25) is 9.78 Å². The van der Waals surface area contributed by atoms with Gasteiger partial charge in [-0.25, -0.2) is 4.39 Å². The first-order chi connectivity index (χ1) is 7.74. The van der Waals surface area contributed by atoms with E-state index in [1.165, 1.54) is 12.3 Å². The van der Waals surface area contributed by atoms with E-state index >= 15 is 0 Å². The van der Waals surface area contributed by atoms with Gasteiger partial charge in [-0.05, 0) is 25.3 Å². The SMILES string of the molecule is C=CCCCCCC(=O)c1cncc(F)c1. The van der Waals surface area contributed by atoms with Gasteiger partial charge >= 0.3 is 0 Å². The molecule has 0 fully saturated rings. The van der Waals surface area contributed by atoms with E-state index < -0.39 is 5.82 Å². The second kappa shape index (κ2) is 6.88. The number of rotatable bonds is 7. The summed E-state index contributed by atoms with van der Waals surface area (Å²) in [4.78, 5) is 15.3. The fourth-order valence-corrected chi connectivity index (χ4v) is 1.46. The van der Waals surface area contributed by atoms with E-state index in [0.29, 0.717) is 12.0 Å². The van der Waals surface area contributed by atoms with Crippen LogP contribution in [0.5, 0.6) is 0 Å². The van der Waals surface area contributed by atoms with E-state index in [1.54, 1.807) is 0 Å². The summed E-state index contributed by atoms with van der Waals surface area (Å²) in [7, 11) is 0. The van der Waals surface area contributed by atoms with Crippen molar-refractivity contribution < 1.29 is 9.18 Å². The number of carbonyl (C=O) groups is 1. The molecular formula is C13H16FNO. The van der Waals surface area contributed by atoms with Gasteiger partial charge in [0.05, 0.1) is 6.20 Å². The van der Waals surface area contributed by atoms with Gasteiger partial charge in [0.1, 0.15) is 5.82 Å². The zero-order chi connectivity index (χ0) is 11.8. The number of carbonyl (C=O) groups excluding carboxylic acids is 1. The molecule has 0 aromatic carbocycles. The zero-order valence-electron chi connectivity index (χ0n) is 9.29. The number of halogens is 1. The lowest BCUT2D eigenvalue weighted by molar-refractivity contribution is 0.0978. The van der Waals surface area contributed by atoms with Crippen molar-refractivity contribution in [2.75, 3.05) is 0 Å². The average molecular weight is 221 g/mol. The third-order valence-electron chi connectivity index (χ3n) is 2.34. The Bertz CT molecular complexity index is 363. The van der Waals surface area contributed by atoms with Crippen molar-refractivity contribution in [2.24, 2.45) is 0 Å². The number of aromatic nitrogens is 1. The number of ketones is 1. The smallest absolute Gasteiger partial charge is 0.164 e. The Hall–Kier alpha value is -1.51. The molecule has 0 spiro atoms. The Morgan fingerprint density at radius 3 is 2.88 bits per heavy atom. The van der Waals surface area contributed by atoms with E-state index in [2.05, 4.69) is 11.6 Å². The standard InChI is InChI=1S/C13H16FNO/c1-2-3-4-5-6-7-13(16)11-8-12(14)10-15-9-11/h2,8-10H,1,3-7H2. The van der Waals surface area contributed by atoms with Gasteiger partial charge in [0.2, 0.25) is 0 Å². The molecule has 0 aliphatic heterocycles. The van der Waals surface area contributed by atoms with Crippen molar-refractivity contribution in [1.29, 1.82) is 0 Å². The van der Waals surface area contributed by atoms with E-state index in [4.69, 9.17) is 0 Å². The molecule has 0 aliphatic carbocycles. The van der Waals surface area contributed by atoms with Crippen LogP contribution in [0, 0.1) is 5.82 Å². The molecule has 1 aromatic rings. The van der Waals surface area contributed by atoms with Crippen molar-refractivity contribution in [3.8, 4) is 0 Å². The molecule has 0 saturated carbocycles. The van der Waals surface area contributed by atoms with Crippen LogP contribution < -0.4 is 0 Å². The summed E-state index contributed by atoms with van der Waals surface area (Å²) in [6.45, 7) is 3.63. The van der Waals surface area contributed by atoms with Crippen LogP contribution in [-0.2, 0) is 0 Å². The van der Waals surface area contributed by atoms with E-state index in [1.807, 2.05) is 6.08 Å². The second-order valence-electron chi connectivity index (χ2n) is 3.70. The predicted molar refractivity (Wildman–Crippen MR) is 61.8 cm³/mol. The van der Waals surface area contributed by atoms with Crippen molar-refractivity contribution in [3.05, 3.63) is 42.5 Å². The average Bonchev–Trinajstić information content (AvgIpc) is 2.28. The molecule has 1 rings (SSSR count). The molecule has 0 N–H and O–H groups in total. The van der Waals surface area contributed by atoms with Crippen molar-refractivity contribution >= 4 is 5.78 Å². The number of pyridine rings is 1. The number of unbranched alkanes of at least 4 members (excludes halogenated alkanes) is 3. The summed E-state index contributed by atoms with van der Waals surface area (Å²) < 4.78 is 12.8. The summed E-state index contributed by atoms with van der Waals surface area (Å²) >= 11 is 0. The molecule has 0 aliphatic rings. The van der Waals surface area contributed by atoms with Crippen LogP contribution in [-0.4, -0.2) is 10.8 Å². The maximum atomic E-state index is 12.8. The lowest BCUT2D eigenvalue weighted by Crippen LogP contribution is -2.00. The van der Waals surface area contributed by atoms with Crippen LogP contribution in [0.1, 0.15) is 42.5 Å². The molecule has 0 unspecified atom stereocenters. The third-order valence-corrected chi connectivity index (χ3v) is 2.34. The molecule has 1 heterocycles. The minimum absolute atomic E-state index is 0.0365. The van der Waals surface area contributed by atoms with Crippen LogP contribution in [0.2, 0.25) is 0 Å². The van der Waals surface area contributed by atoms with Crippen LogP contribution in [0.25, 0.3) is 0 Å². The highest BCUT2D eigenvalue weighted by Crippen LogP contribution is 2.09. The van der Waals surface area contributed by atoms with Crippen molar-refractivity contribution in [2.45, 2.75) is 32.1 Å². The highest BCUT2D eigenvalue weighted by molar-refractivity contribution is 5.95. The lowest BCUT2D eigenvalue weighted by Gasteiger charge is -2.00. The summed E-state index contributed by atoms with van der Waals surface area (Å²) in [6, 6.07) is 1.24. The molecule has 0 amide bonds. The number of hydrogen-bond donors (Lipinski definition) is 0. The minimum Gasteiger partial charge on any atom is -0.294 e. The van der Waals surface area contributed by atoms with Crippen molar-refractivity contribution in [1.82, 2.24) is 4.98 Å². The number of allylic oxidation sites excluding steroid dienone is 1. The lowest BCUT2D eigenvalue weighted by atomic mass is 10.1. The van der Waals surface area contributed by atoms with Gasteiger partial charge < -0.3 is 0 Å². The molecule has 3 heteroatoms. The van der Waals surface area contributed by atoms with Gasteiger partial charge in [-0.2, -0.15) is 0 Å². The fraction of sp³-hybridized carbons (Fsp3) is 0.385. The van der Waals surface area contributed by atoms with Gasteiger partial charge in [0, 0.05) is 18.2 Å². The molecular weight excluding hydrogens is 205 g/mol. The minimum atomic E-state index is -0.461.